The molecule has 30 heavy (non-hydrogen) atoms. The molecule has 9 heteroatoms. The molecule has 0 spiro atoms. The number of benzene rings is 2. The summed E-state index contributed by atoms with van der Waals surface area (Å²) in [6, 6.07) is 8.43. The number of ether oxygens (including phenoxy) is 1. The summed E-state index contributed by atoms with van der Waals surface area (Å²) in [7, 11) is -3.85. The van der Waals surface area contributed by atoms with E-state index in [4.69, 9.17) is 4.74 Å². The number of carbonyl (C=O) groups excluding carboxylic acids is 1. The number of sulfonamides is 1. The molecule has 0 bridgehead atoms. The Morgan fingerprint density at radius 3 is 2.33 bits per heavy atom. The number of carbonyl (C=O) groups is 1. The first-order valence-electron chi connectivity index (χ1n) is 9.61. The standard InChI is InChI=1S/C21H24N2O6S/c1-14-11-15(2)20(16(3)12-14)30(27,28)22-10-4-5-19(22)21(24)29-13-17-6-8-18(9-7-17)23(25)26/h6-9,11-12,19H,4-5,10,13H2,1-3H3/t19-/m0/s1. The van der Waals surface area contributed by atoms with Crippen LogP contribution in [-0.2, 0) is 26.2 Å². The van der Waals surface area contributed by atoms with Crippen molar-refractivity contribution in [2.24, 2.45) is 0 Å². The predicted octanol–water partition coefficient (Wildman–Crippen LogP) is 3.42. The van der Waals surface area contributed by atoms with Gasteiger partial charge in [0.15, 0.2) is 0 Å². The van der Waals surface area contributed by atoms with Gasteiger partial charge in [0.05, 0.1) is 9.82 Å². The first kappa shape index (κ1) is 21.9. The molecule has 2 aromatic carbocycles. The summed E-state index contributed by atoms with van der Waals surface area (Å²) in [5.41, 5.74) is 2.81. The van der Waals surface area contributed by atoms with Gasteiger partial charge in [-0.3, -0.25) is 14.9 Å². The number of rotatable bonds is 6. The number of nitrogens with zero attached hydrogens (tertiary/aromatic N) is 2. The van der Waals surface area contributed by atoms with Crippen molar-refractivity contribution < 1.29 is 22.9 Å². The average molecular weight is 432 g/mol. The van der Waals surface area contributed by atoms with E-state index in [1.807, 2.05) is 19.1 Å². The molecule has 0 aromatic heterocycles. The molecule has 1 aliphatic heterocycles. The van der Waals surface area contributed by atoms with Crippen molar-refractivity contribution in [2.75, 3.05) is 6.54 Å². The summed E-state index contributed by atoms with van der Waals surface area (Å²) >= 11 is 0. The number of hydrogen-bond donors (Lipinski definition) is 0. The van der Waals surface area contributed by atoms with Gasteiger partial charge in [-0.25, -0.2) is 8.42 Å². The molecule has 0 N–H and O–H groups in total. The third-order valence-corrected chi connectivity index (χ3v) is 7.39. The highest BCUT2D eigenvalue weighted by atomic mass is 32.2. The quantitative estimate of drug-likeness (QED) is 0.393. The van der Waals surface area contributed by atoms with Crippen LogP contribution in [0.1, 0.15) is 35.1 Å². The fourth-order valence-electron chi connectivity index (χ4n) is 3.92. The van der Waals surface area contributed by atoms with Gasteiger partial charge in [-0.05, 0) is 62.4 Å². The van der Waals surface area contributed by atoms with Gasteiger partial charge in [-0.2, -0.15) is 4.31 Å². The highest BCUT2D eigenvalue weighted by Gasteiger charge is 2.41. The molecule has 1 saturated heterocycles. The number of esters is 1. The minimum absolute atomic E-state index is 0.0537. The second-order valence-electron chi connectivity index (χ2n) is 7.53. The van der Waals surface area contributed by atoms with Gasteiger partial charge in [-0.15, -0.1) is 0 Å². The van der Waals surface area contributed by atoms with E-state index >= 15 is 0 Å². The van der Waals surface area contributed by atoms with E-state index in [-0.39, 0.29) is 23.7 Å². The lowest BCUT2D eigenvalue weighted by Gasteiger charge is -2.24. The van der Waals surface area contributed by atoms with Gasteiger partial charge < -0.3 is 4.74 Å². The summed E-state index contributed by atoms with van der Waals surface area (Å²) in [5.74, 6) is -0.614. The van der Waals surface area contributed by atoms with Gasteiger partial charge in [0.25, 0.3) is 5.69 Å². The summed E-state index contributed by atoms with van der Waals surface area (Å²) in [6.45, 7) is 5.59. The van der Waals surface area contributed by atoms with Crippen molar-refractivity contribution in [2.45, 2.75) is 51.2 Å². The maximum atomic E-state index is 13.3. The van der Waals surface area contributed by atoms with Crippen molar-refractivity contribution in [3.63, 3.8) is 0 Å². The van der Waals surface area contributed by atoms with Crippen LogP contribution in [0.5, 0.6) is 0 Å². The van der Waals surface area contributed by atoms with Crippen LogP contribution in [0.4, 0.5) is 5.69 Å². The third-order valence-electron chi connectivity index (χ3n) is 5.18. The molecule has 0 aliphatic carbocycles. The van der Waals surface area contributed by atoms with Crippen LogP contribution < -0.4 is 0 Å². The number of nitro groups is 1. The van der Waals surface area contributed by atoms with Crippen molar-refractivity contribution >= 4 is 21.7 Å². The minimum atomic E-state index is -3.85. The van der Waals surface area contributed by atoms with E-state index in [2.05, 4.69) is 0 Å². The van der Waals surface area contributed by atoms with Crippen molar-refractivity contribution in [3.8, 4) is 0 Å². The smallest absolute Gasteiger partial charge is 0.324 e. The first-order chi connectivity index (χ1) is 14.1. The highest BCUT2D eigenvalue weighted by Crippen LogP contribution is 2.31. The van der Waals surface area contributed by atoms with Gasteiger partial charge in [0.2, 0.25) is 10.0 Å². The molecule has 3 rings (SSSR count). The lowest BCUT2D eigenvalue weighted by Crippen LogP contribution is -2.41. The van der Waals surface area contributed by atoms with Gasteiger partial charge in [0.1, 0.15) is 12.6 Å². The van der Waals surface area contributed by atoms with Crippen LogP contribution in [0.2, 0.25) is 0 Å². The van der Waals surface area contributed by atoms with Crippen LogP contribution in [0.15, 0.2) is 41.3 Å². The molecule has 8 nitrogen and oxygen atoms in total. The molecule has 0 radical (unpaired) electrons. The Labute approximate surface area is 175 Å². The first-order valence-corrected chi connectivity index (χ1v) is 11.0. The molecule has 0 saturated carbocycles. The van der Waals surface area contributed by atoms with Gasteiger partial charge >= 0.3 is 5.97 Å². The van der Waals surface area contributed by atoms with E-state index in [1.165, 1.54) is 28.6 Å². The number of hydrogen-bond acceptors (Lipinski definition) is 6. The van der Waals surface area contributed by atoms with Crippen LogP contribution in [0, 0.1) is 30.9 Å². The van der Waals surface area contributed by atoms with Crippen LogP contribution in [0.25, 0.3) is 0 Å². The molecule has 1 fully saturated rings. The second-order valence-corrected chi connectivity index (χ2v) is 9.36. The summed E-state index contributed by atoms with van der Waals surface area (Å²) in [4.78, 5) is 23.1. The SMILES string of the molecule is Cc1cc(C)c(S(=O)(=O)N2CCC[C@H]2C(=O)OCc2ccc([N+](=O)[O-])cc2)c(C)c1. The summed E-state index contributed by atoms with van der Waals surface area (Å²) in [5, 5.41) is 10.7. The van der Waals surface area contributed by atoms with E-state index in [9.17, 15) is 23.3 Å². The van der Waals surface area contributed by atoms with Crippen LogP contribution in [0.3, 0.4) is 0 Å². The van der Waals surface area contributed by atoms with E-state index in [0.29, 0.717) is 29.5 Å². The number of nitro benzene ring substituents is 1. The van der Waals surface area contributed by atoms with E-state index in [0.717, 1.165) is 5.56 Å². The number of aryl methyl sites for hydroxylation is 3. The molecule has 1 aliphatic rings. The average Bonchev–Trinajstić information content (AvgIpc) is 3.16. The fraction of sp³-hybridized carbons (Fsp3) is 0.381. The lowest BCUT2D eigenvalue weighted by molar-refractivity contribution is -0.384. The summed E-state index contributed by atoms with van der Waals surface area (Å²) in [6.07, 6.45) is 0.961. The maximum absolute atomic E-state index is 13.3. The minimum Gasteiger partial charge on any atom is -0.460 e. The van der Waals surface area contributed by atoms with Crippen molar-refractivity contribution in [3.05, 3.63) is 68.8 Å². The Morgan fingerprint density at radius 2 is 1.77 bits per heavy atom. The Bertz CT molecular complexity index is 1060. The molecule has 0 amide bonds. The Morgan fingerprint density at radius 1 is 1.17 bits per heavy atom. The topological polar surface area (TPSA) is 107 Å². The van der Waals surface area contributed by atoms with Crippen LogP contribution >= 0.6 is 0 Å². The second kappa shape index (κ2) is 8.53. The number of non-ortho nitro benzene ring substituents is 1. The molecule has 1 atom stereocenters. The van der Waals surface area contributed by atoms with E-state index in [1.54, 1.807) is 13.8 Å². The van der Waals surface area contributed by atoms with Crippen molar-refractivity contribution in [1.29, 1.82) is 0 Å². The molecule has 0 unspecified atom stereocenters. The van der Waals surface area contributed by atoms with Gasteiger partial charge in [0, 0.05) is 18.7 Å². The van der Waals surface area contributed by atoms with Gasteiger partial charge in [-0.1, -0.05) is 17.7 Å². The zero-order chi connectivity index (χ0) is 22.1. The van der Waals surface area contributed by atoms with Crippen molar-refractivity contribution in [1.82, 2.24) is 4.31 Å². The monoisotopic (exact) mass is 432 g/mol. The fourth-order valence-corrected chi connectivity index (χ4v) is 5.98. The predicted molar refractivity (Wildman–Crippen MR) is 110 cm³/mol. The zero-order valence-electron chi connectivity index (χ0n) is 17.1. The molecule has 2 aromatic rings. The Hall–Kier alpha value is -2.78. The van der Waals surface area contributed by atoms with E-state index < -0.39 is 27.0 Å². The molecular formula is C21H24N2O6S. The zero-order valence-corrected chi connectivity index (χ0v) is 17.9. The normalized spacial score (nSPS) is 17.1. The van der Waals surface area contributed by atoms with Crippen LogP contribution in [-0.4, -0.2) is 36.2 Å². The Balaban J connectivity index is 1.76. The molecule has 160 valence electrons. The summed E-state index contributed by atoms with van der Waals surface area (Å²) < 4.78 is 33.2. The third kappa shape index (κ3) is 4.36. The maximum Gasteiger partial charge on any atom is 0.324 e. The lowest BCUT2D eigenvalue weighted by atomic mass is 10.1. The molecular weight excluding hydrogens is 408 g/mol. The molecule has 1 heterocycles. The Kier molecular flexibility index (Phi) is 6.23. The largest absolute Gasteiger partial charge is 0.460 e. The highest BCUT2D eigenvalue weighted by molar-refractivity contribution is 7.89.